The van der Waals surface area contributed by atoms with E-state index < -0.39 is 0 Å². The first-order chi connectivity index (χ1) is 13.6. The van der Waals surface area contributed by atoms with E-state index in [4.69, 9.17) is 14.5 Å². The fraction of sp³-hybridized carbons (Fsp3) is 0.682. The maximum Gasteiger partial charge on any atom is 0.191 e. The second-order valence-corrected chi connectivity index (χ2v) is 7.71. The van der Waals surface area contributed by atoms with E-state index >= 15 is 0 Å². The van der Waals surface area contributed by atoms with Crippen molar-refractivity contribution in [1.82, 2.24) is 15.5 Å². The van der Waals surface area contributed by atoms with Crippen molar-refractivity contribution in [2.45, 2.75) is 40.2 Å². The molecule has 0 saturated carbocycles. The highest BCUT2D eigenvalue weighted by atomic mass is 127. The first-order valence-corrected chi connectivity index (χ1v) is 10.7. The van der Waals surface area contributed by atoms with Gasteiger partial charge in [-0.3, -0.25) is 9.89 Å². The molecule has 2 rings (SSSR count). The van der Waals surface area contributed by atoms with Crippen LogP contribution < -0.4 is 15.4 Å². The summed E-state index contributed by atoms with van der Waals surface area (Å²) in [5.74, 6) is 2.33. The molecule has 0 bridgehead atoms. The summed E-state index contributed by atoms with van der Waals surface area (Å²) in [4.78, 5) is 7.19. The number of guanidine groups is 1. The Morgan fingerprint density at radius 3 is 2.48 bits per heavy atom. The summed E-state index contributed by atoms with van der Waals surface area (Å²) in [5, 5.41) is 6.85. The average Bonchev–Trinajstić information content (AvgIpc) is 2.71. The highest BCUT2D eigenvalue weighted by molar-refractivity contribution is 14.0. The van der Waals surface area contributed by atoms with Crippen molar-refractivity contribution in [3.63, 3.8) is 0 Å². The number of rotatable bonds is 10. The first kappa shape index (κ1) is 26.0. The van der Waals surface area contributed by atoms with E-state index in [1.807, 2.05) is 12.1 Å². The predicted octanol–water partition coefficient (Wildman–Crippen LogP) is 3.68. The zero-order chi connectivity index (χ0) is 20.2. The second kappa shape index (κ2) is 14.8. The average molecular weight is 518 g/mol. The largest absolute Gasteiger partial charge is 0.493 e. The molecule has 0 aromatic heterocycles. The topological polar surface area (TPSA) is 58.1 Å². The number of morpholine rings is 1. The minimum Gasteiger partial charge on any atom is -0.493 e. The minimum absolute atomic E-state index is 0. The molecule has 0 spiro atoms. The fourth-order valence-corrected chi connectivity index (χ4v) is 3.03. The Balaban J connectivity index is 0.00000420. The molecule has 6 nitrogen and oxygen atoms in total. The highest BCUT2D eigenvalue weighted by Crippen LogP contribution is 2.18. The number of hydrogen-bond acceptors (Lipinski definition) is 4. The van der Waals surface area contributed by atoms with Gasteiger partial charge < -0.3 is 20.1 Å². The Hall–Kier alpha value is -1.06. The Bertz CT molecular complexity index is 575. The molecule has 1 aromatic rings. The third-order valence-electron chi connectivity index (χ3n) is 4.67. The number of nitrogens with zero attached hydrogens (tertiary/aromatic N) is 2. The van der Waals surface area contributed by atoms with Gasteiger partial charge >= 0.3 is 0 Å². The van der Waals surface area contributed by atoms with Crippen molar-refractivity contribution < 1.29 is 9.47 Å². The van der Waals surface area contributed by atoms with Gasteiger partial charge in [-0.2, -0.15) is 0 Å². The van der Waals surface area contributed by atoms with E-state index in [-0.39, 0.29) is 30.0 Å². The summed E-state index contributed by atoms with van der Waals surface area (Å²) in [6, 6.07) is 8.51. The van der Waals surface area contributed by atoms with Gasteiger partial charge in [-0.1, -0.05) is 26.0 Å². The number of nitrogens with one attached hydrogen (secondary N) is 2. The molecule has 1 saturated heterocycles. The molecule has 166 valence electrons. The summed E-state index contributed by atoms with van der Waals surface area (Å²) < 4.78 is 11.2. The Kier molecular flexibility index (Phi) is 13.3. The SMILES string of the molecule is CCNC(=NCCCN1CCOCC1)NC(C)c1ccc(OCC(C)C)cc1.I. The van der Waals surface area contributed by atoms with Crippen LogP contribution >= 0.6 is 24.0 Å². The van der Waals surface area contributed by atoms with Crippen LogP contribution in [-0.4, -0.2) is 63.4 Å². The maximum atomic E-state index is 5.77. The van der Waals surface area contributed by atoms with Gasteiger partial charge in [0.05, 0.1) is 25.9 Å². The van der Waals surface area contributed by atoms with Gasteiger partial charge in [0, 0.05) is 32.7 Å². The number of aliphatic imine (C=N–C) groups is 1. The van der Waals surface area contributed by atoms with E-state index in [2.05, 4.69) is 55.4 Å². The van der Waals surface area contributed by atoms with E-state index in [1.54, 1.807) is 0 Å². The molecule has 0 amide bonds. The summed E-state index contributed by atoms with van der Waals surface area (Å²) in [5.41, 5.74) is 1.22. The first-order valence-electron chi connectivity index (χ1n) is 10.7. The summed E-state index contributed by atoms with van der Waals surface area (Å²) in [6.07, 6.45) is 1.06. The van der Waals surface area contributed by atoms with Crippen LogP contribution in [-0.2, 0) is 4.74 Å². The monoisotopic (exact) mass is 518 g/mol. The van der Waals surface area contributed by atoms with Gasteiger partial charge in [-0.15, -0.1) is 24.0 Å². The van der Waals surface area contributed by atoms with Crippen LogP contribution in [0.3, 0.4) is 0 Å². The number of hydrogen-bond donors (Lipinski definition) is 2. The molecule has 1 aliphatic heterocycles. The lowest BCUT2D eigenvalue weighted by Crippen LogP contribution is -2.39. The molecule has 1 unspecified atom stereocenters. The molecule has 7 heteroatoms. The smallest absolute Gasteiger partial charge is 0.191 e. The molecule has 1 aromatic carbocycles. The molecule has 2 N–H and O–H groups in total. The van der Waals surface area contributed by atoms with Crippen molar-refractivity contribution in [1.29, 1.82) is 0 Å². The molecule has 1 aliphatic rings. The van der Waals surface area contributed by atoms with Crippen LogP contribution in [0.15, 0.2) is 29.3 Å². The van der Waals surface area contributed by atoms with Crippen molar-refractivity contribution in [3.05, 3.63) is 29.8 Å². The lowest BCUT2D eigenvalue weighted by Gasteiger charge is -2.26. The van der Waals surface area contributed by atoms with Crippen molar-refractivity contribution in [2.75, 3.05) is 52.5 Å². The predicted molar refractivity (Wildman–Crippen MR) is 132 cm³/mol. The van der Waals surface area contributed by atoms with Gasteiger partial charge in [0.2, 0.25) is 0 Å². The minimum atomic E-state index is 0. The zero-order valence-electron chi connectivity index (χ0n) is 18.4. The molecule has 29 heavy (non-hydrogen) atoms. The van der Waals surface area contributed by atoms with Gasteiger partial charge in [-0.05, 0) is 43.9 Å². The Labute approximate surface area is 193 Å². The second-order valence-electron chi connectivity index (χ2n) is 7.71. The molecule has 0 aliphatic carbocycles. The van der Waals surface area contributed by atoms with Crippen molar-refractivity contribution in [3.8, 4) is 5.75 Å². The third kappa shape index (κ3) is 10.5. The Morgan fingerprint density at radius 1 is 1.17 bits per heavy atom. The normalized spacial score (nSPS) is 16.2. The van der Waals surface area contributed by atoms with Crippen molar-refractivity contribution >= 4 is 29.9 Å². The van der Waals surface area contributed by atoms with Gasteiger partial charge in [0.15, 0.2) is 5.96 Å². The summed E-state index contributed by atoms with van der Waals surface area (Å²) in [7, 11) is 0. The lowest BCUT2D eigenvalue weighted by atomic mass is 10.1. The fourth-order valence-electron chi connectivity index (χ4n) is 3.03. The number of halogens is 1. The van der Waals surface area contributed by atoms with Crippen molar-refractivity contribution in [2.24, 2.45) is 10.9 Å². The van der Waals surface area contributed by atoms with Gasteiger partial charge in [0.1, 0.15) is 5.75 Å². The highest BCUT2D eigenvalue weighted by Gasteiger charge is 2.10. The van der Waals surface area contributed by atoms with E-state index in [0.29, 0.717) is 5.92 Å². The van der Waals surface area contributed by atoms with Crippen LogP contribution in [0.25, 0.3) is 0 Å². The van der Waals surface area contributed by atoms with Gasteiger partial charge in [0.25, 0.3) is 0 Å². The van der Waals surface area contributed by atoms with E-state index in [0.717, 1.165) is 70.7 Å². The van der Waals surface area contributed by atoms with Crippen LogP contribution in [0.1, 0.15) is 45.7 Å². The summed E-state index contributed by atoms with van der Waals surface area (Å²) >= 11 is 0. The lowest BCUT2D eigenvalue weighted by molar-refractivity contribution is 0.0377. The standard InChI is InChI=1S/C22H38N4O2.HI/c1-5-23-22(24-11-6-12-26-13-15-27-16-14-26)25-19(4)20-7-9-21(10-8-20)28-17-18(2)3;/h7-10,18-19H,5-6,11-17H2,1-4H3,(H2,23,24,25);1H. The molecule has 1 heterocycles. The van der Waals surface area contributed by atoms with E-state index in [9.17, 15) is 0 Å². The zero-order valence-corrected chi connectivity index (χ0v) is 20.8. The third-order valence-corrected chi connectivity index (χ3v) is 4.67. The molecule has 1 fully saturated rings. The number of ether oxygens (including phenoxy) is 2. The Morgan fingerprint density at radius 2 is 1.86 bits per heavy atom. The van der Waals surface area contributed by atoms with Gasteiger partial charge in [-0.25, -0.2) is 0 Å². The quantitative estimate of drug-likeness (QED) is 0.214. The maximum absolute atomic E-state index is 5.77. The number of benzene rings is 1. The van der Waals surface area contributed by atoms with Crippen LogP contribution in [0.2, 0.25) is 0 Å². The molecule has 1 atom stereocenters. The molecule has 0 radical (unpaired) electrons. The molecular weight excluding hydrogens is 479 g/mol. The summed E-state index contributed by atoms with van der Waals surface area (Å²) in [6.45, 7) is 15.8. The van der Waals surface area contributed by atoms with E-state index in [1.165, 1.54) is 5.56 Å². The van der Waals surface area contributed by atoms with Crippen LogP contribution in [0, 0.1) is 5.92 Å². The van der Waals surface area contributed by atoms with Crippen LogP contribution in [0.4, 0.5) is 0 Å². The molecular formula is C22H39IN4O2. The van der Waals surface area contributed by atoms with Crippen LogP contribution in [0.5, 0.6) is 5.75 Å².